The van der Waals surface area contributed by atoms with Crippen molar-refractivity contribution in [3.05, 3.63) is 0 Å². The number of ether oxygens (including phenoxy) is 4. The molecule has 1 amide bonds. The molecule has 0 aliphatic carbocycles. The van der Waals surface area contributed by atoms with Gasteiger partial charge < -0.3 is 24.3 Å². The van der Waals surface area contributed by atoms with E-state index in [-0.39, 0.29) is 6.54 Å². The first kappa shape index (κ1) is 13.3. The van der Waals surface area contributed by atoms with Crippen molar-refractivity contribution in [2.24, 2.45) is 0 Å². The molecule has 0 atom stereocenters. The summed E-state index contributed by atoms with van der Waals surface area (Å²) in [6.07, 6.45) is -0.644. The average Bonchev–Trinajstić information content (AvgIpc) is 2.96. The van der Waals surface area contributed by atoms with Crippen LogP contribution in [0.2, 0.25) is 0 Å². The second-order valence-corrected chi connectivity index (χ2v) is 4.70. The van der Waals surface area contributed by atoms with E-state index in [2.05, 4.69) is 5.32 Å². The fourth-order valence-electron chi connectivity index (χ4n) is 1.69. The molecule has 2 aliphatic heterocycles. The fraction of sp³-hybridized carbons (Fsp3) is 0.889. The number of rotatable bonds is 4. The molecule has 6 nitrogen and oxygen atoms in total. The predicted octanol–water partition coefficient (Wildman–Crippen LogP) is 0.0223. The molecule has 2 fully saturated rings. The van der Waals surface area contributed by atoms with E-state index in [9.17, 15) is 4.79 Å². The molecule has 8 heteroatoms. The quantitative estimate of drug-likeness (QED) is 0.738. The molecule has 0 bridgehead atoms. The smallest absolute Gasteiger partial charge is 0.253 e. The summed E-state index contributed by atoms with van der Waals surface area (Å²) in [4.78, 5) is 10.2. The van der Waals surface area contributed by atoms with Crippen LogP contribution in [0.1, 0.15) is 0 Å². The molecule has 0 saturated carbocycles. The first-order valence-corrected chi connectivity index (χ1v) is 6.08. The van der Waals surface area contributed by atoms with Crippen LogP contribution < -0.4 is 5.32 Å². The van der Waals surface area contributed by atoms with E-state index < -0.39 is 22.8 Å². The van der Waals surface area contributed by atoms with Gasteiger partial charge in [0.2, 0.25) is 12.1 Å². The van der Waals surface area contributed by atoms with Crippen LogP contribution >= 0.6 is 23.2 Å². The van der Waals surface area contributed by atoms with Crippen LogP contribution in [-0.4, -0.2) is 55.8 Å². The highest BCUT2D eigenvalue weighted by Gasteiger charge is 2.48. The Hall–Kier alpha value is -0.110. The third-order valence-electron chi connectivity index (χ3n) is 2.46. The van der Waals surface area contributed by atoms with Crippen molar-refractivity contribution in [3.63, 3.8) is 0 Å². The third kappa shape index (κ3) is 3.01. The molecule has 0 spiro atoms. The van der Waals surface area contributed by atoms with Crippen molar-refractivity contribution in [2.45, 2.75) is 16.9 Å². The molecule has 2 saturated heterocycles. The molecule has 0 aromatic carbocycles. The Morgan fingerprint density at radius 1 is 1.24 bits per heavy atom. The van der Waals surface area contributed by atoms with Crippen LogP contribution in [0, 0.1) is 0 Å². The number of carbonyl (C=O) groups excluding carboxylic acids is 1. The van der Waals surface area contributed by atoms with E-state index in [0.29, 0.717) is 26.4 Å². The van der Waals surface area contributed by atoms with Gasteiger partial charge in [0.25, 0.3) is 5.91 Å². The molecule has 2 rings (SSSR count). The molecule has 2 aliphatic rings. The van der Waals surface area contributed by atoms with Gasteiger partial charge in [-0.2, -0.15) is 0 Å². The number of hydrogen-bond acceptors (Lipinski definition) is 5. The predicted molar refractivity (Wildman–Crippen MR) is 58.8 cm³/mol. The van der Waals surface area contributed by atoms with Crippen LogP contribution in [0.3, 0.4) is 0 Å². The Balaban J connectivity index is 1.94. The van der Waals surface area contributed by atoms with Gasteiger partial charge >= 0.3 is 0 Å². The largest absolute Gasteiger partial charge is 0.348 e. The van der Waals surface area contributed by atoms with E-state index in [1.807, 2.05) is 0 Å². The number of carbonyl (C=O) groups is 1. The normalized spacial score (nSPS) is 24.4. The van der Waals surface area contributed by atoms with Crippen molar-refractivity contribution in [1.29, 1.82) is 0 Å². The maximum Gasteiger partial charge on any atom is 0.253 e. The van der Waals surface area contributed by atoms with Gasteiger partial charge in [-0.1, -0.05) is 23.2 Å². The number of amides is 1. The summed E-state index contributed by atoms with van der Waals surface area (Å²) in [5.41, 5.74) is 0. The van der Waals surface area contributed by atoms with Gasteiger partial charge in [0, 0.05) is 0 Å². The molecule has 0 aromatic heterocycles. The van der Waals surface area contributed by atoms with Gasteiger partial charge in [-0.15, -0.1) is 0 Å². The SMILES string of the molecule is O=C(NCC1(C2OCCO2)OCCO1)C(Cl)Cl. The van der Waals surface area contributed by atoms with Crippen molar-refractivity contribution in [3.8, 4) is 0 Å². The maximum absolute atomic E-state index is 11.3. The minimum Gasteiger partial charge on any atom is -0.348 e. The fourth-order valence-corrected chi connectivity index (χ4v) is 1.85. The zero-order valence-electron chi connectivity index (χ0n) is 8.99. The lowest BCUT2D eigenvalue weighted by Gasteiger charge is -2.31. The summed E-state index contributed by atoms with van der Waals surface area (Å²) in [7, 11) is 0. The average molecular weight is 286 g/mol. The van der Waals surface area contributed by atoms with Gasteiger partial charge in [-0.3, -0.25) is 4.79 Å². The Morgan fingerprint density at radius 3 is 2.35 bits per heavy atom. The van der Waals surface area contributed by atoms with E-state index in [4.69, 9.17) is 42.1 Å². The van der Waals surface area contributed by atoms with E-state index in [1.165, 1.54) is 0 Å². The lowest BCUT2D eigenvalue weighted by Crippen LogP contribution is -2.53. The lowest BCUT2D eigenvalue weighted by atomic mass is 10.2. The van der Waals surface area contributed by atoms with Crippen LogP contribution in [0.5, 0.6) is 0 Å². The molecule has 0 radical (unpaired) electrons. The summed E-state index contributed by atoms with van der Waals surface area (Å²) in [5.74, 6) is -1.61. The Kier molecular flexibility index (Phi) is 4.46. The minimum atomic E-state index is -1.13. The monoisotopic (exact) mass is 285 g/mol. The van der Waals surface area contributed by atoms with Crippen LogP contribution in [0.4, 0.5) is 0 Å². The maximum atomic E-state index is 11.3. The van der Waals surface area contributed by atoms with Crippen LogP contribution in [0.15, 0.2) is 0 Å². The molecule has 17 heavy (non-hydrogen) atoms. The summed E-state index contributed by atoms with van der Waals surface area (Å²) < 4.78 is 21.7. The molecule has 98 valence electrons. The van der Waals surface area contributed by atoms with Gasteiger partial charge in [0.1, 0.15) is 0 Å². The highest BCUT2D eigenvalue weighted by molar-refractivity contribution is 6.53. The Bertz CT molecular complexity index is 277. The summed E-state index contributed by atoms with van der Waals surface area (Å²) >= 11 is 10.9. The molecular weight excluding hydrogens is 273 g/mol. The first-order chi connectivity index (χ1) is 8.14. The minimum absolute atomic E-state index is 0.0758. The van der Waals surface area contributed by atoms with E-state index in [1.54, 1.807) is 0 Å². The van der Waals surface area contributed by atoms with Gasteiger partial charge in [-0.25, -0.2) is 0 Å². The molecule has 1 N–H and O–H groups in total. The Morgan fingerprint density at radius 2 is 1.82 bits per heavy atom. The number of halogens is 2. The van der Waals surface area contributed by atoms with E-state index in [0.717, 1.165) is 0 Å². The molecule has 2 heterocycles. The standard InChI is InChI=1S/C9H13Cl2NO5/c10-6(11)7(13)12-5-9(16-3-4-17-9)8-14-1-2-15-8/h6,8H,1-5H2,(H,12,13). The first-order valence-electron chi connectivity index (χ1n) is 5.21. The van der Waals surface area contributed by atoms with Gasteiger partial charge in [0.15, 0.2) is 4.84 Å². The van der Waals surface area contributed by atoms with Gasteiger partial charge in [0.05, 0.1) is 33.0 Å². The second-order valence-electron chi connectivity index (χ2n) is 3.60. The van der Waals surface area contributed by atoms with Crippen molar-refractivity contribution < 1.29 is 23.7 Å². The highest BCUT2D eigenvalue weighted by Crippen LogP contribution is 2.28. The number of hydrogen-bond donors (Lipinski definition) is 1. The zero-order valence-corrected chi connectivity index (χ0v) is 10.5. The summed E-state index contributed by atoms with van der Waals surface area (Å²) in [5, 5.41) is 2.53. The molecule has 0 aromatic rings. The number of nitrogens with one attached hydrogen (secondary N) is 1. The van der Waals surface area contributed by atoms with Crippen LogP contribution in [-0.2, 0) is 23.7 Å². The summed E-state index contributed by atoms with van der Waals surface area (Å²) in [6, 6.07) is 0. The van der Waals surface area contributed by atoms with Crippen LogP contribution in [0.25, 0.3) is 0 Å². The lowest BCUT2D eigenvalue weighted by molar-refractivity contribution is -0.277. The highest BCUT2D eigenvalue weighted by atomic mass is 35.5. The van der Waals surface area contributed by atoms with Crippen molar-refractivity contribution in [2.75, 3.05) is 33.0 Å². The van der Waals surface area contributed by atoms with Gasteiger partial charge in [-0.05, 0) is 0 Å². The summed E-state index contributed by atoms with van der Waals surface area (Å²) in [6.45, 7) is 1.86. The topological polar surface area (TPSA) is 66.0 Å². The van der Waals surface area contributed by atoms with Crippen molar-refractivity contribution >= 4 is 29.1 Å². The second kappa shape index (κ2) is 5.69. The zero-order chi connectivity index (χ0) is 12.3. The molecular formula is C9H13Cl2NO5. The van der Waals surface area contributed by atoms with E-state index >= 15 is 0 Å². The van der Waals surface area contributed by atoms with Crippen molar-refractivity contribution in [1.82, 2.24) is 5.32 Å². The molecule has 0 unspecified atom stereocenters. The Labute approximate surface area is 108 Å². The number of alkyl halides is 2. The third-order valence-corrected chi connectivity index (χ3v) is 2.86.